The Morgan fingerprint density at radius 2 is 1.96 bits per heavy atom. The maximum atomic E-state index is 11.2. The van der Waals surface area contributed by atoms with E-state index in [9.17, 15) is 20.2 Å². The zero-order valence-electron chi connectivity index (χ0n) is 13.4. The van der Waals surface area contributed by atoms with Gasteiger partial charge < -0.3 is 4.74 Å². The lowest BCUT2D eigenvalue weighted by Gasteiger charge is -2.31. The first-order chi connectivity index (χ1) is 10.8. The van der Waals surface area contributed by atoms with Crippen molar-refractivity contribution in [3.63, 3.8) is 0 Å². The molecule has 1 rings (SSSR count). The Morgan fingerprint density at radius 3 is 2.39 bits per heavy atom. The molecule has 0 aliphatic heterocycles. The summed E-state index contributed by atoms with van der Waals surface area (Å²) in [6.07, 6.45) is 4.92. The molecule has 0 spiro atoms. The molecular formula is C16H20N2O5. The largest absolute Gasteiger partial charge is 0.476 e. The third-order valence-corrected chi connectivity index (χ3v) is 3.61. The van der Waals surface area contributed by atoms with E-state index >= 15 is 0 Å². The first-order valence-corrected chi connectivity index (χ1v) is 7.24. The minimum atomic E-state index is -0.807. The Morgan fingerprint density at radius 1 is 1.30 bits per heavy atom. The second-order valence-corrected chi connectivity index (χ2v) is 5.12. The van der Waals surface area contributed by atoms with Gasteiger partial charge in [-0.15, -0.1) is 0 Å². The summed E-state index contributed by atoms with van der Waals surface area (Å²) in [5, 5.41) is 22.0. The third-order valence-electron chi connectivity index (χ3n) is 3.61. The van der Waals surface area contributed by atoms with Crippen LogP contribution in [0.4, 0.5) is 11.4 Å². The zero-order chi connectivity index (χ0) is 17.6. The van der Waals surface area contributed by atoms with E-state index in [1.54, 1.807) is 13.0 Å². The van der Waals surface area contributed by atoms with Crippen molar-refractivity contribution in [3.05, 3.63) is 62.7 Å². The van der Waals surface area contributed by atoms with E-state index in [2.05, 4.69) is 6.58 Å². The van der Waals surface area contributed by atoms with Crippen molar-refractivity contribution in [2.75, 3.05) is 0 Å². The monoisotopic (exact) mass is 320 g/mol. The summed E-state index contributed by atoms with van der Waals surface area (Å²) >= 11 is 0. The van der Waals surface area contributed by atoms with Crippen molar-refractivity contribution in [3.8, 4) is 5.75 Å². The summed E-state index contributed by atoms with van der Waals surface area (Å²) in [6.45, 7) is 9.42. The van der Waals surface area contributed by atoms with Crippen molar-refractivity contribution in [2.45, 2.75) is 39.2 Å². The zero-order valence-corrected chi connectivity index (χ0v) is 13.4. The van der Waals surface area contributed by atoms with Crippen molar-refractivity contribution >= 4 is 11.4 Å². The molecule has 1 unspecified atom stereocenters. The summed E-state index contributed by atoms with van der Waals surface area (Å²) in [6, 6.07) is 3.36. The number of rotatable bonds is 8. The highest BCUT2D eigenvalue weighted by molar-refractivity contribution is 5.54. The standard InChI is InChI=1S/C16H20N2O5/c1-5-8-12(6-2)16(4,7-3)23-15-10-9-13(17(19)20)11-14(15)18(21)22/h6,8-11H,2,5,7H2,1,3-4H3/b12-8+. The van der Waals surface area contributed by atoms with E-state index in [4.69, 9.17) is 4.74 Å². The number of hydrogen-bond donors (Lipinski definition) is 0. The Bertz CT molecular complexity index is 654. The van der Waals surface area contributed by atoms with Gasteiger partial charge >= 0.3 is 5.69 Å². The minimum Gasteiger partial charge on any atom is -0.476 e. The van der Waals surface area contributed by atoms with Crippen LogP contribution in [0.3, 0.4) is 0 Å². The maximum Gasteiger partial charge on any atom is 0.317 e. The van der Waals surface area contributed by atoms with Crippen LogP contribution in [0.1, 0.15) is 33.6 Å². The third kappa shape index (κ3) is 4.15. The van der Waals surface area contributed by atoms with E-state index in [1.807, 2.05) is 19.9 Å². The molecule has 0 bridgehead atoms. The molecule has 7 heteroatoms. The maximum absolute atomic E-state index is 11.2. The number of hydrogen-bond acceptors (Lipinski definition) is 5. The summed E-state index contributed by atoms with van der Waals surface area (Å²) in [5.41, 5.74) is -0.775. The average molecular weight is 320 g/mol. The van der Waals surface area contributed by atoms with Crippen LogP contribution in [-0.2, 0) is 0 Å². The van der Waals surface area contributed by atoms with Crippen LogP contribution >= 0.6 is 0 Å². The van der Waals surface area contributed by atoms with Crippen LogP contribution in [0.15, 0.2) is 42.5 Å². The highest BCUT2D eigenvalue weighted by Crippen LogP contribution is 2.36. The first-order valence-electron chi connectivity index (χ1n) is 7.24. The molecule has 124 valence electrons. The average Bonchev–Trinajstić information content (AvgIpc) is 2.52. The SMILES string of the molecule is C=C/C(=C\CC)C(C)(CC)Oc1ccc([N+](=O)[O-])cc1[N+](=O)[O-]. The van der Waals surface area contributed by atoms with Crippen LogP contribution in [0.2, 0.25) is 0 Å². The van der Waals surface area contributed by atoms with Gasteiger partial charge in [0, 0.05) is 6.07 Å². The Hall–Kier alpha value is -2.70. The van der Waals surface area contributed by atoms with Gasteiger partial charge in [0.1, 0.15) is 5.60 Å². The second kappa shape index (κ2) is 7.53. The van der Waals surface area contributed by atoms with Crippen molar-refractivity contribution in [1.29, 1.82) is 0 Å². The molecule has 0 heterocycles. The van der Waals surface area contributed by atoms with Crippen LogP contribution in [0, 0.1) is 20.2 Å². The molecule has 0 saturated heterocycles. The van der Waals surface area contributed by atoms with E-state index < -0.39 is 21.1 Å². The highest BCUT2D eigenvalue weighted by Gasteiger charge is 2.31. The van der Waals surface area contributed by atoms with Gasteiger partial charge in [-0.3, -0.25) is 20.2 Å². The fourth-order valence-electron chi connectivity index (χ4n) is 2.16. The quantitative estimate of drug-likeness (QED) is 0.397. The summed E-state index contributed by atoms with van der Waals surface area (Å²) in [5.74, 6) is -0.00574. The molecule has 0 N–H and O–H groups in total. The summed E-state index contributed by atoms with van der Waals surface area (Å²) in [4.78, 5) is 20.6. The number of non-ortho nitro benzene ring substituents is 1. The van der Waals surface area contributed by atoms with Crippen LogP contribution < -0.4 is 4.74 Å². The fourth-order valence-corrected chi connectivity index (χ4v) is 2.16. The number of nitro benzene ring substituents is 2. The lowest BCUT2D eigenvalue weighted by atomic mass is 9.91. The van der Waals surface area contributed by atoms with E-state index in [1.165, 1.54) is 12.1 Å². The van der Waals surface area contributed by atoms with Gasteiger partial charge in [-0.05, 0) is 31.4 Å². The predicted octanol–water partition coefficient (Wildman–Crippen LogP) is 4.57. The highest BCUT2D eigenvalue weighted by atomic mass is 16.6. The first kappa shape index (κ1) is 18.3. The summed E-state index contributed by atoms with van der Waals surface area (Å²) < 4.78 is 5.88. The summed E-state index contributed by atoms with van der Waals surface area (Å²) in [7, 11) is 0. The van der Waals surface area contributed by atoms with Gasteiger partial charge in [-0.2, -0.15) is 0 Å². The molecule has 1 aromatic carbocycles. The van der Waals surface area contributed by atoms with E-state index in [-0.39, 0.29) is 11.4 Å². The topological polar surface area (TPSA) is 95.5 Å². The molecule has 1 atom stereocenters. The van der Waals surface area contributed by atoms with Gasteiger partial charge in [0.15, 0.2) is 5.75 Å². The molecule has 1 aromatic rings. The molecule has 0 aliphatic carbocycles. The van der Waals surface area contributed by atoms with E-state index in [0.717, 1.165) is 18.1 Å². The van der Waals surface area contributed by atoms with Crippen molar-refractivity contribution in [2.24, 2.45) is 0 Å². The lowest BCUT2D eigenvalue weighted by molar-refractivity contribution is -0.395. The second-order valence-electron chi connectivity index (χ2n) is 5.12. The normalized spacial score (nSPS) is 14.0. The van der Waals surface area contributed by atoms with Gasteiger partial charge in [0.25, 0.3) is 5.69 Å². The van der Waals surface area contributed by atoms with Crippen LogP contribution in [0.5, 0.6) is 5.75 Å². The molecule has 0 saturated carbocycles. The lowest BCUT2D eigenvalue weighted by Crippen LogP contribution is -2.33. The number of nitro groups is 2. The Balaban J connectivity index is 3.35. The molecule has 7 nitrogen and oxygen atoms in total. The number of allylic oxidation sites excluding steroid dienone is 1. The van der Waals surface area contributed by atoms with Gasteiger partial charge in [-0.25, -0.2) is 0 Å². The van der Waals surface area contributed by atoms with Crippen molar-refractivity contribution < 1.29 is 14.6 Å². The Kier molecular flexibility index (Phi) is 6.01. The molecule has 0 radical (unpaired) electrons. The molecule has 0 fully saturated rings. The van der Waals surface area contributed by atoms with Crippen LogP contribution in [-0.4, -0.2) is 15.4 Å². The molecule has 0 aromatic heterocycles. The number of ether oxygens (including phenoxy) is 1. The fraction of sp³-hybridized carbons (Fsp3) is 0.375. The van der Waals surface area contributed by atoms with Gasteiger partial charge in [0.2, 0.25) is 0 Å². The molecule has 0 aliphatic rings. The molecule has 23 heavy (non-hydrogen) atoms. The van der Waals surface area contributed by atoms with Crippen LogP contribution in [0.25, 0.3) is 0 Å². The molecular weight excluding hydrogens is 300 g/mol. The Labute approximate surface area is 134 Å². The number of nitrogens with zero attached hydrogens (tertiary/aromatic N) is 2. The minimum absolute atomic E-state index is 0.00574. The predicted molar refractivity (Wildman–Crippen MR) is 87.6 cm³/mol. The van der Waals surface area contributed by atoms with Gasteiger partial charge in [-0.1, -0.05) is 32.6 Å². The number of benzene rings is 1. The van der Waals surface area contributed by atoms with E-state index in [0.29, 0.717) is 6.42 Å². The van der Waals surface area contributed by atoms with Gasteiger partial charge in [0.05, 0.1) is 15.9 Å². The molecule has 0 amide bonds. The van der Waals surface area contributed by atoms with Crippen molar-refractivity contribution in [1.82, 2.24) is 0 Å². The smallest absolute Gasteiger partial charge is 0.317 e.